The number of rotatable bonds is 4. The van der Waals surface area contributed by atoms with E-state index in [-0.39, 0.29) is 17.7 Å². The van der Waals surface area contributed by atoms with Gasteiger partial charge in [-0.25, -0.2) is 0 Å². The summed E-state index contributed by atoms with van der Waals surface area (Å²) in [5, 5.41) is 3.04. The van der Waals surface area contributed by atoms with Gasteiger partial charge in [-0.3, -0.25) is 9.59 Å². The van der Waals surface area contributed by atoms with Crippen molar-refractivity contribution in [3.63, 3.8) is 0 Å². The lowest BCUT2D eigenvalue weighted by Gasteiger charge is -2.26. The average Bonchev–Trinajstić information content (AvgIpc) is 3.05. The van der Waals surface area contributed by atoms with E-state index in [2.05, 4.69) is 5.32 Å². The Bertz CT molecular complexity index is 837. The predicted octanol–water partition coefficient (Wildman–Crippen LogP) is 4.75. The van der Waals surface area contributed by atoms with Crippen molar-refractivity contribution in [2.75, 3.05) is 16.8 Å². The van der Waals surface area contributed by atoms with Crippen molar-refractivity contribution in [2.45, 2.75) is 46.5 Å². The molecule has 2 amide bonds. The van der Waals surface area contributed by atoms with E-state index in [1.54, 1.807) is 0 Å². The third-order valence-corrected chi connectivity index (χ3v) is 5.06. The first-order valence-corrected chi connectivity index (χ1v) is 9.62. The van der Waals surface area contributed by atoms with Gasteiger partial charge >= 0.3 is 0 Å². The van der Waals surface area contributed by atoms with Gasteiger partial charge in [0.25, 0.3) is 0 Å². The molecule has 0 saturated heterocycles. The summed E-state index contributed by atoms with van der Waals surface area (Å²) in [5.41, 5.74) is 3.40. The quantitative estimate of drug-likeness (QED) is 0.851. The maximum absolute atomic E-state index is 12.8. The molecule has 0 aliphatic carbocycles. The fraction of sp³-hybridized carbons (Fsp3) is 0.391. The number of hydrogen-bond donors (Lipinski definition) is 1. The van der Waals surface area contributed by atoms with Crippen LogP contribution in [0.15, 0.2) is 48.5 Å². The minimum absolute atomic E-state index is 0.0182. The summed E-state index contributed by atoms with van der Waals surface area (Å²) in [4.78, 5) is 27.4. The number of benzene rings is 2. The maximum Gasteiger partial charge on any atom is 0.232 e. The van der Waals surface area contributed by atoms with Gasteiger partial charge in [0, 0.05) is 23.3 Å². The standard InChI is InChI=1S/C23H28N2O2/c1-5-19(16-9-7-6-8-10-16)21(26)24-18-12-11-17-13-14-25(20(17)15-18)22(27)23(2,3)4/h6-12,15,19H,5,13-14H2,1-4H3,(H,24,26). The maximum atomic E-state index is 12.8. The number of carbonyl (C=O) groups excluding carboxylic acids is 2. The zero-order valence-corrected chi connectivity index (χ0v) is 16.6. The van der Waals surface area contributed by atoms with Crippen LogP contribution in [-0.2, 0) is 16.0 Å². The van der Waals surface area contributed by atoms with Gasteiger partial charge in [-0.1, -0.05) is 64.1 Å². The van der Waals surface area contributed by atoms with Crippen molar-refractivity contribution in [1.29, 1.82) is 0 Å². The number of anilines is 2. The van der Waals surface area contributed by atoms with Gasteiger partial charge in [-0.2, -0.15) is 0 Å². The Labute approximate surface area is 161 Å². The fourth-order valence-corrected chi connectivity index (χ4v) is 3.56. The molecule has 142 valence electrons. The van der Waals surface area contributed by atoms with E-state index < -0.39 is 5.41 Å². The lowest BCUT2D eigenvalue weighted by Crippen LogP contribution is -2.38. The van der Waals surface area contributed by atoms with E-state index in [9.17, 15) is 9.59 Å². The Kier molecular flexibility index (Phi) is 5.36. The number of amides is 2. The molecule has 1 N–H and O–H groups in total. The van der Waals surface area contributed by atoms with Gasteiger partial charge in [-0.15, -0.1) is 0 Å². The topological polar surface area (TPSA) is 49.4 Å². The molecular formula is C23H28N2O2. The van der Waals surface area contributed by atoms with Crippen molar-refractivity contribution < 1.29 is 9.59 Å². The van der Waals surface area contributed by atoms with Crippen molar-refractivity contribution in [1.82, 2.24) is 0 Å². The van der Waals surface area contributed by atoms with E-state index in [0.717, 1.165) is 35.3 Å². The molecule has 1 aliphatic heterocycles. The van der Waals surface area contributed by atoms with Crippen molar-refractivity contribution in [3.05, 3.63) is 59.7 Å². The van der Waals surface area contributed by atoms with Gasteiger partial charge in [0.2, 0.25) is 11.8 Å². The van der Waals surface area contributed by atoms with Crippen molar-refractivity contribution in [3.8, 4) is 0 Å². The molecule has 2 aromatic carbocycles. The number of hydrogen-bond acceptors (Lipinski definition) is 2. The molecule has 0 radical (unpaired) electrons. The van der Waals surface area contributed by atoms with Gasteiger partial charge in [0.1, 0.15) is 0 Å². The Balaban J connectivity index is 1.81. The summed E-state index contributed by atoms with van der Waals surface area (Å²) in [6, 6.07) is 15.7. The second-order valence-electron chi connectivity index (χ2n) is 8.16. The van der Waals surface area contributed by atoms with Crippen LogP contribution in [0.4, 0.5) is 11.4 Å². The summed E-state index contributed by atoms with van der Waals surface area (Å²) < 4.78 is 0. The van der Waals surface area contributed by atoms with Crippen LogP contribution in [-0.4, -0.2) is 18.4 Å². The minimum Gasteiger partial charge on any atom is -0.325 e. The Morgan fingerprint density at radius 3 is 2.44 bits per heavy atom. The van der Waals surface area contributed by atoms with Crippen LogP contribution in [0.25, 0.3) is 0 Å². The van der Waals surface area contributed by atoms with Gasteiger partial charge in [-0.05, 0) is 36.1 Å². The van der Waals surface area contributed by atoms with Crippen LogP contribution < -0.4 is 10.2 Å². The van der Waals surface area contributed by atoms with E-state index in [1.165, 1.54) is 0 Å². The summed E-state index contributed by atoms with van der Waals surface area (Å²) >= 11 is 0. The van der Waals surface area contributed by atoms with Gasteiger partial charge in [0.05, 0.1) is 5.92 Å². The molecule has 4 heteroatoms. The first-order chi connectivity index (χ1) is 12.8. The first-order valence-electron chi connectivity index (χ1n) is 9.62. The van der Waals surface area contributed by atoms with Crippen LogP contribution >= 0.6 is 0 Å². The summed E-state index contributed by atoms with van der Waals surface area (Å²) in [6.45, 7) is 8.52. The van der Waals surface area contributed by atoms with Gasteiger partial charge in [0.15, 0.2) is 0 Å². The number of carbonyl (C=O) groups is 2. The Hall–Kier alpha value is -2.62. The SMILES string of the molecule is CCC(C(=O)Nc1ccc2c(c1)N(C(=O)C(C)(C)C)CC2)c1ccccc1. The largest absolute Gasteiger partial charge is 0.325 e. The zero-order valence-electron chi connectivity index (χ0n) is 16.6. The fourth-order valence-electron chi connectivity index (χ4n) is 3.56. The molecule has 4 nitrogen and oxygen atoms in total. The van der Waals surface area contributed by atoms with Crippen LogP contribution in [0.3, 0.4) is 0 Å². The summed E-state index contributed by atoms with van der Waals surface area (Å²) in [5.74, 6) is -0.0949. The zero-order chi connectivity index (χ0) is 19.6. The summed E-state index contributed by atoms with van der Waals surface area (Å²) in [7, 11) is 0. The lowest BCUT2D eigenvalue weighted by atomic mass is 9.94. The molecule has 0 saturated carbocycles. The third kappa shape index (κ3) is 4.05. The molecule has 1 unspecified atom stereocenters. The Morgan fingerprint density at radius 1 is 1.11 bits per heavy atom. The smallest absolute Gasteiger partial charge is 0.232 e. The van der Waals surface area contributed by atoms with E-state index in [1.807, 2.05) is 81.1 Å². The predicted molar refractivity (Wildman–Crippen MR) is 110 cm³/mol. The molecule has 2 aromatic rings. The van der Waals surface area contributed by atoms with Gasteiger partial charge < -0.3 is 10.2 Å². The summed E-state index contributed by atoms with van der Waals surface area (Å²) in [6.07, 6.45) is 1.59. The van der Waals surface area contributed by atoms with Crippen LogP contribution in [0.1, 0.15) is 51.2 Å². The molecule has 0 aromatic heterocycles. The molecule has 3 rings (SSSR count). The molecule has 1 heterocycles. The van der Waals surface area contributed by atoms with E-state index >= 15 is 0 Å². The molecule has 0 spiro atoms. The van der Waals surface area contributed by atoms with E-state index in [4.69, 9.17) is 0 Å². The lowest BCUT2D eigenvalue weighted by molar-refractivity contribution is -0.125. The first kappa shape index (κ1) is 19.2. The highest BCUT2D eigenvalue weighted by atomic mass is 16.2. The highest BCUT2D eigenvalue weighted by Gasteiger charge is 2.32. The highest BCUT2D eigenvalue weighted by molar-refractivity contribution is 6.00. The average molecular weight is 364 g/mol. The number of nitrogens with zero attached hydrogens (tertiary/aromatic N) is 1. The molecule has 1 atom stereocenters. The van der Waals surface area contributed by atoms with Crippen molar-refractivity contribution in [2.24, 2.45) is 5.41 Å². The highest BCUT2D eigenvalue weighted by Crippen LogP contribution is 2.34. The second kappa shape index (κ2) is 7.55. The number of nitrogens with one attached hydrogen (secondary N) is 1. The van der Waals surface area contributed by atoms with Crippen LogP contribution in [0.2, 0.25) is 0 Å². The van der Waals surface area contributed by atoms with Crippen LogP contribution in [0.5, 0.6) is 0 Å². The molecule has 27 heavy (non-hydrogen) atoms. The van der Waals surface area contributed by atoms with E-state index in [0.29, 0.717) is 6.54 Å². The molecule has 1 aliphatic rings. The molecule has 0 bridgehead atoms. The monoisotopic (exact) mass is 364 g/mol. The van der Waals surface area contributed by atoms with Crippen molar-refractivity contribution >= 4 is 23.2 Å². The third-order valence-electron chi connectivity index (χ3n) is 5.06. The Morgan fingerprint density at radius 2 is 1.81 bits per heavy atom. The molecular weight excluding hydrogens is 336 g/mol. The molecule has 0 fully saturated rings. The van der Waals surface area contributed by atoms with Crippen LogP contribution in [0, 0.1) is 5.41 Å². The normalized spacial score (nSPS) is 14.6. The second-order valence-corrected chi connectivity index (χ2v) is 8.16. The number of fused-ring (bicyclic) bond motifs is 1. The minimum atomic E-state index is -0.429.